The third kappa shape index (κ3) is 9.21. The van der Waals surface area contributed by atoms with Crippen molar-refractivity contribution in [3.8, 4) is 0 Å². The summed E-state index contributed by atoms with van der Waals surface area (Å²) in [6.07, 6.45) is 6.04. The van der Waals surface area contributed by atoms with Crippen molar-refractivity contribution >= 4 is 12.1 Å². The van der Waals surface area contributed by atoms with Gasteiger partial charge in [0.15, 0.2) is 5.96 Å². The zero-order chi connectivity index (χ0) is 20.7. The molecule has 0 bridgehead atoms. The van der Waals surface area contributed by atoms with Gasteiger partial charge in [0.2, 0.25) is 0 Å². The molecular formula is C21H36N4O4. The summed E-state index contributed by atoms with van der Waals surface area (Å²) in [6, 6.07) is 4.17. The molecule has 2 rings (SSSR count). The summed E-state index contributed by atoms with van der Waals surface area (Å²) >= 11 is 0. The number of carbonyl (C=O) groups is 1. The predicted molar refractivity (Wildman–Crippen MR) is 113 cm³/mol. The van der Waals surface area contributed by atoms with Crippen LogP contribution < -0.4 is 10.6 Å². The van der Waals surface area contributed by atoms with E-state index in [1.54, 1.807) is 11.2 Å². The minimum Gasteiger partial charge on any atom is -0.469 e. The molecule has 0 saturated carbocycles. The zero-order valence-corrected chi connectivity index (χ0v) is 17.8. The number of nitrogens with zero attached hydrogens (tertiary/aromatic N) is 2. The molecule has 0 atom stereocenters. The normalized spacial score (nSPS) is 15.4. The molecule has 1 aromatic heterocycles. The van der Waals surface area contributed by atoms with Crippen LogP contribution in [0, 0.1) is 0 Å². The van der Waals surface area contributed by atoms with Crippen LogP contribution in [0.4, 0.5) is 4.79 Å². The van der Waals surface area contributed by atoms with Gasteiger partial charge in [0.1, 0.15) is 5.76 Å². The second-order valence-corrected chi connectivity index (χ2v) is 7.00. The third-order valence-electron chi connectivity index (χ3n) is 4.78. The Morgan fingerprint density at radius 1 is 1.28 bits per heavy atom. The summed E-state index contributed by atoms with van der Waals surface area (Å²) < 4.78 is 15.9. The van der Waals surface area contributed by atoms with Gasteiger partial charge in [0.05, 0.1) is 12.9 Å². The van der Waals surface area contributed by atoms with E-state index < -0.39 is 0 Å². The fraction of sp³-hybridized carbons (Fsp3) is 0.714. The minimum absolute atomic E-state index is 0.217. The first-order valence-electron chi connectivity index (χ1n) is 10.8. The number of likely N-dealkylation sites (tertiary alicyclic amines) is 1. The lowest BCUT2D eigenvalue weighted by molar-refractivity contribution is 0.0963. The van der Waals surface area contributed by atoms with Crippen LogP contribution in [0.15, 0.2) is 27.8 Å². The number of aliphatic imine (C=N–C) groups is 1. The molecule has 1 amide bonds. The number of hydrogen-bond donors (Lipinski definition) is 2. The second-order valence-electron chi connectivity index (χ2n) is 7.00. The highest BCUT2D eigenvalue weighted by Crippen LogP contribution is 2.11. The lowest BCUT2D eigenvalue weighted by atomic mass is 10.1. The molecule has 0 radical (unpaired) electrons. The monoisotopic (exact) mass is 408 g/mol. The molecule has 2 N–H and O–H groups in total. The molecule has 1 aromatic rings. The number of amides is 1. The number of guanidine groups is 1. The van der Waals surface area contributed by atoms with Crippen LogP contribution in [0.5, 0.6) is 0 Å². The molecular weight excluding hydrogens is 372 g/mol. The summed E-state index contributed by atoms with van der Waals surface area (Å²) in [6.45, 7) is 8.70. The summed E-state index contributed by atoms with van der Waals surface area (Å²) in [5.74, 6) is 1.78. The average molecular weight is 409 g/mol. The first-order valence-corrected chi connectivity index (χ1v) is 10.8. The van der Waals surface area contributed by atoms with Gasteiger partial charge in [-0.1, -0.05) is 0 Å². The lowest BCUT2D eigenvalue weighted by Gasteiger charge is -2.32. The highest BCUT2D eigenvalue weighted by atomic mass is 16.6. The number of carbonyl (C=O) groups excluding carboxylic acids is 1. The number of ether oxygens (including phenoxy) is 2. The van der Waals surface area contributed by atoms with Gasteiger partial charge in [0, 0.05) is 51.9 Å². The van der Waals surface area contributed by atoms with Crippen LogP contribution in [0.3, 0.4) is 0 Å². The van der Waals surface area contributed by atoms with E-state index in [0.29, 0.717) is 25.7 Å². The van der Waals surface area contributed by atoms with Gasteiger partial charge in [-0.2, -0.15) is 0 Å². The summed E-state index contributed by atoms with van der Waals surface area (Å²) in [5, 5.41) is 6.93. The Balaban J connectivity index is 1.78. The van der Waals surface area contributed by atoms with E-state index in [-0.39, 0.29) is 6.09 Å². The SMILES string of the molecule is CCOCCCCN=C(NCCc1ccco1)NC1CCN(C(=O)OCC)CC1. The van der Waals surface area contributed by atoms with Crippen molar-refractivity contribution in [3.05, 3.63) is 24.2 Å². The Bertz CT molecular complexity index is 584. The number of hydrogen-bond acceptors (Lipinski definition) is 5. The molecule has 0 spiro atoms. The highest BCUT2D eigenvalue weighted by molar-refractivity contribution is 5.80. The maximum Gasteiger partial charge on any atom is 0.409 e. The molecule has 8 heteroatoms. The molecule has 164 valence electrons. The van der Waals surface area contributed by atoms with Gasteiger partial charge in [-0.05, 0) is 51.7 Å². The molecule has 8 nitrogen and oxygen atoms in total. The van der Waals surface area contributed by atoms with Crippen molar-refractivity contribution in [2.24, 2.45) is 4.99 Å². The molecule has 0 aliphatic carbocycles. The molecule has 1 saturated heterocycles. The van der Waals surface area contributed by atoms with Crippen molar-refractivity contribution in [1.29, 1.82) is 0 Å². The summed E-state index contributed by atoms with van der Waals surface area (Å²) in [5.41, 5.74) is 0. The van der Waals surface area contributed by atoms with Gasteiger partial charge < -0.3 is 29.4 Å². The van der Waals surface area contributed by atoms with Crippen LogP contribution in [0.2, 0.25) is 0 Å². The van der Waals surface area contributed by atoms with E-state index in [9.17, 15) is 4.79 Å². The van der Waals surface area contributed by atoms with Gasteiger partial charge in [0.25, 0.3) is 0 Å². The Labute approximate surface area is 174 Å². The fourth-order valence-electron chi connectivity index (χ4n) is 3.18. The maximum absolute atomic E-state index is 11.9. The molecule has 1 fully saturated rings. The second kappa shape index (κ2) is 13.9. The molecule has 1 aliphatic rings. The summed E-state index contributed by atoms with van der Waals surface area (Å²) in [7, 11) is 0. The average Bonchev–Trinajstić information content (AvgIpc) is 3.24. The van der Waals surface area contributed by atoms with Crippen LogP contribution in [-0.4, -0.2) is 69.0 Å². The number of piperidine rings is 1. The van der Waals surface area contributed by atoms with Crippen molar-refractivity contribution < 1.29 is 18.7 Å². The number of nitrogens with one attached hydrogen (secondary N) is 2. The van der Waals surface area contributed by atoms with Crippen LogP contribution in [-0.2, 0) is 15.9 Å². The number of furan rings is 1. The zero-order valence-electron chi connectivity index (χ0n) is 17.8. The van der Waals surface area contributed by atoms with Crippen LogP contribution in [0.1, 0.15) is 45.3 Å². The van der Waals surface area contributed by atoms with E-state index >= 15 is 0 Å². The minimum atomic E-state index is -0.217. The van der Waals surface area contributed by atoms with E-state index in [2.05, 4.69) is 10.6 Å². The van der Waals surface area contributed by atoms with Crippen molar-refractivity contribution in [2.45, 2.75) is 52.0 Å². The van der Waals surface area contributed by atoms with E-state index in [0.717, 1.165) is 70.1 Å². The molecule has 1 aliphatic heterocycles. The number of rotatable bonds is 11. The fourth-order valence-corrected chi connectivity index (χ4v) is 3.18. The van der Waals surface area contributed by atoms with Crippen LogP contribution in [0.25, 0.3) is 0 Å². The Morgan fingerprint density at radius 2 is 2.10 bits per heavy atom. The summed E-state index contributed by atoms with van der Waals surface area (Å²) in [4.78, 5) is 18.4. The van der Waals surface area contributed by atoms with Crippen molar-refractivity contribution in [3.63, 3.8) is 0 Å². The van der Waals surface area contributed by atoms with E-state index in [1.165, 1.54) is 0 Å². The quantitative estimate of drug-likeness (QED) is 0.333. The first kappa shape index (κ1) is 23.1. The third-order valence-corrected chi connectivity index (χ3v) is 4.78. The number of unbranched alkanes of at least 4 members (excludes halogenated alkanes) is 1. The highest BCUT2D eigenvalue weighted by Gasteiger charge is 2.24. The smallest absolute Gasteiger partial charge is 0.409 e. The Hall–Kier alpha value is -2.22. The van der Waals surface area contributed by atoms with Gasteiger partial charge in [-0.3, -0.25) is 4.99 Å². The van der Waals surface area contributed by atoms with Crippen molar-refractivity contribution in [2.75, 3.05) is 46.0 Å². The maximum atomic E-state index is 11.9. The molecule has 29 heavy (non-hydrogen) atoms. The largest absolute Gasteiger partial charge is 0.469 e. The van der Waals surface area contributed by atoms with Gasteiger partial charge in [-0.25, -0.2) is 4.79 Å². The van der Waals surface area contributed by atoms with Gasteiger partial charge in [-0.15, -0.1) is 0 Å². The lowest BCUT2D eigenvalue weighted by Crippen LogP contribution is -2.50. The van der Waals surface area contributed by atoms with E-state index in [4.69, 9.17) is 18.9 Å². The molecule has 0 unspecified atom stereocenters. The molecule has 2 heterocycles. The topological polar surface area (TPSA) is 88.3 Å². The molecule has 0 aromatic carbocycles. The van der Waals surface area contributed by atoms with Crippen LogP contribution >= 0.6 is 0 Å². The first-order chi connectivity index (χ1) is 14.2. The van der Waals surface area contributed by atoms with Crippen molar-refractivity contribution in [1.82, 2.24) is 15.5 Å². The Kier molecular flexibility index (Phi) is 11.0. The Morgan fingerprint density at radius 3 is 2.79 bits per heavy atom. The van der Waals surface area contributed by atoms with Gasteiger partial charge >= 0.3 is 6.09 Å². The standard InChI is InChI=1S/C21H36N4O4/c1-3-27-16-6-5-12-22-20(23-13-9-19-8-7-17-29-19)24-18-10-14-25(15-11-18)21(26)28-4-2/h7-8,17-18H,3-6,9-16H2,1-2H3,(H2,22,23,24). The van der Waals surface area contributed by atoms with E-state index in [1.807, 2.05) is 26.0 Å². The predicted octanol–water partition coefficient (Wildman–Crippen LogP) is 2.79.